The molecule has 16 heavy (non-hydrogen) atoms. The highest BCUT2D eigenvalue weighted by molar-refractivity contribution is 7.15. The van der Waals surface area contributed by atoms with Crippen molar-refractivity contribution in [3.05, 3.63) is 15.5 Å². The minimum absolute atomic E-state index is 0.316. The van der Waals surface area contributed by atoms with E-state index in [1.807, 2.05) is 0 Å². The highest BCUT2D eigenvalue weighted by Gasteiger charge is 2.37. The lowest BCUT2D eigenvalue weighted by Gasteiger charge is -2.13. The second-order valence-corrected chi connectivity index (χ2v) is 4.70. The minimum Gasteiger partial charge on any atom is -0.470 e. The lowest BCUT2D eigenvalue weighted by atomic mass is 10.2. The summed E-state index contributed by atoms with van der Waals surface area (Å²) in [5.74, 6) is -0.410. The Morgan fingerprint density at radius 2 is 2.56 bits per heavy atom. The molecule has 2 atom stereocenters. The van der Waals surface area contributed by atoms with Crippen LogP contribution in [0.25, 0.3) is 0 Å². The van der Waals surface area contributed by atoms with Gasteiger partial charge in [0.05, 0.1) is 12.8 Å². The topological polar surface area (TPSA) is 60.8 Å². The van der Waals surface area contributed by atoms with E-state index in [1.54, 1.807) is 6.92 Å². The van der Waals surface area contributed by atoms with E-state index >= 15 is 0 Å². The van der Waals surface area contributed by atoms with Crippen LogP contribution in [0.3, 0.4) is 0 Å². The monoisotopic (exact) mass is 260 g/mol. The highest BCUT2D eigenvalue weighted by atomic mass is 35.5. The van der Waals surface area contributed by atoms with Crippen LogP contribution in [0.4, 0.5) is 0 Å². The Balaban J connectivity index is 2.13. The van der Waals surface area contributed by atoms with Crippen LogP contribution in [0.15, 0.2) is 11.2 Å². The van der Waals surface area contributed by atoms with Gasteiger partial charge in [-0.3, -0.25) is 0 Å². The van der Waals surface area contributed by atoms with Gasteiger partial charge in [0.1, 0.15) is 9.34 Å². The summed E-state index contributed by atoms with van der Waals surface area (Å²) in [6.07, 6.45) is 2.25. The summed E-state index contributed by atoms with van der Waals surface area (Å²) < 4.78 is 10.7. The van der Waals surface area contributed by atoms with E-state index in [1.165, 1.54) is 23.9 Å². The minimum atomic E-state index is -0.679. The first kappa shape index (κ1) is 11.3. The molecule has 86 valence electrons. The lowest BCUT2D eigenvalue weighted by molar-refractivity contribution is -0.146. The molecule has 1 aromatic rings. The Bertz CT molecular complexity index is 421. The maximum atomic E-state index is 11.6. The number of ether oxygens (including phenoxy) is 2. The predicted molar refractivity (Wildman–Crippen MR) is 59.9 cm³/mol. The third-order valence-corrected chi connectivity index (χ3v) is 3.16. The van der Waals surface area contributed by atoms with Crippen molar-refractivity contribution in [1.29, 1.82) is 0 Å². The van der Waals surface area contributed by atoms with E-state index in [-0.39, 0.29) is 0 Å². The smallest absolute Gasteiger partial charge is 0.335 e. The largest absolute Gasteiger partial charge is 0.470 e. The molecule has 0 fully saturated rings. The Labute approximate surface area is 101 Å². The molecule has 0 radical (unpaired) electrons. The van der Waals surface area contributed by atoms with Crippen LogP contribution in [0.2, 0.25) is 4.34 Å². The van der Waals surface area contributed by atoms with Gasteiger partial charge in [-0.2, -0.15) is 0 Å². The number of aromatic nitrogens is 1. The molecular weight excluding hydrogens is 252 g/mol. The Morgan fingerprint density at radius 1 is 1.75 bits per heavy atom. The van der Waals surface area contributed by atoms with Crippen LogP contribution in [-0.4, -0.2) is 30.0 Å². The van der Waals surface area contributed by atoms with Gasteiger partial charge in [0.15, 0.2) is 18.5 Å². The molecule has 2 rings (SSSR count). The number of aliphatic imine (C=N–C) groups is 1. The zero-order valence-electron chi connectivity index (χ0n) is 8.42. The van der Waals surface area contributed by atoms with E-state index in [0.717, 1.165) is 0 Å². The number of rotatable bonds is 3. The second-order valence-electron chi connectivity index (χ2n) is 3.01. The number of carbonyl (C=O) groups is 1. The van der Waals surface area contributed by atoms with Gasteiger partial charge in [0.25, 0.3) is 0 Å². The summed E-state index contributed by atoms with van der Waals surface area (Å²) in [6, 6.07) is -0.679. The molecule has 0 bridgehead atoms. The molecule has 2 unspecified atom stereocenters. The second kappa shape index (κ2) is 4.80. The zero-order chi connectivity index (χ0) is 11.5. The number of esters is 1. The standard InChI is InChI=1S/C9H9ClN2O3S/c1-2-14-9(13)6-7(15-4-12-6)8-11-3-5(10)16-8/h3-4,6-7H,2H2,1H3. The summed E-state index contributed by atoms with van der Waals surface area (Å²) in [5, 5.41) is 0.626. The molecule has 0 saturated heterocycles. The van der Waals surface area contributed by atoms with Crippen molar-refractivity contribution in [2.24, 2.45) is 4.99 Å². The van der Waals surface area contributed by atoms with Gasteiger partial charge in [0, 0.05) is 0 Å². The van der Waals surface area contributed by atoms with E-state index in [2.05, 4.69) is 9.98 Å². The Morgan fingerprint density at radius 3 is 3.19 bits per heavy atom. The summed E-state index contributed by atoms with van der Waals surface area (Å²) in [5.41, 5.74) is 0. The van der Waals surface area contributed by atoms with Crippen LogP contribution >= 0.6 is 22.9 Å². The first-order valence-corrected chi connectivity index (χ1v) is 5.86. The van der Waals surface area contributed by atoms with Gasteiger partial charge in [-0.25, -0.2) is 14.8 Å². The van der Waals surface area contributed by atoms with Crippen molar-refractivity contribution in [2.75, 3.05) is 6.61 Å². The SMILES string of the molecule is CCOC(=O)C1N=COC1c1ncc(Cl)s1. The average Bonchev–Trinajstić information content (AvgIpc) is 2.85. The number of hydrogen-bond acceptors (Lipinski definition) is 6. The average molecular weight is 261 g/mol. The summed E-state index contributed by atoms with van der Waals surface area (Å²) in [6.45, 7) is 2.06. The van der Waals surface area contributed by atoms with Crippen LogP contribution in [0, 0.1) is 0 Å². The summed E-state index contributed by atoms with van der Waals surface area (Å²) in [7, 11) is 0. The van der Waals surface area contributed by atoms with Crippen LogP contribution in [-0.2, 0) is 14.3 Å². The maximum Gasteiger partial charge on any atom is 0.335 e. The van der Waals surface area contributed by atoms with Crippen molar-refractivity contribution in [2.45, 2.75) is 19.1 Å². The van der Waals surface area contributed by atoms with Crippen molar-refractivity contribution < 1.29 is 14.3 Å². The number of nitrogens with zero attached hydrogens (tertiary/aromatic N) is 2. The molecule has 1 aromatic heterocycles. The van der Waals surface area contributed by atoms with Gasteiger partial charge >= 0.3 is 5.97 Å². The number of thiazole rings is 1. The zero-order valence-corrected chi connectivity index (χ0v) is 9.99. The van der Waals surface area contributed by atoms with E-state index in [4.69, 9.17) is 21.1 Å². The number of carbonyl (C=O) groups excluding carboxylic acids is 1. The van der Waals surface area contributed by atoms with Crippen molar-refractivity contribution in [3.8, 4) is 0 Å². The molecule has 0 aromatic carbocycles. The van der Waals surface area contributed by atoms with Crippen molar-refractivity contribution >= 4 is 35.3 Å². The molecule has 0 spiro atoms. The maximum absolute atomic E-state index is 11.6. The third kappa shape index (κ3) is 2.17. The van der Waals surface area contributed by atoms with Crippen molar-refractivity contribution in [3.63, 3.8) is 0 Å². The Kier molecular flexibility index (Phi) is 3.40. The Hall–Kier alpha value is -1.14. The molecule has 1 aliphatic rings. The molecule has 0 saturated carbocycles. The number of hydrogen-bond donors (Lipinski definition) is 0. The fourth-order valence-corrected chi connectivity index (χ4v) is 2.32. The summed E-state index contributed by atoms with van der Waals surface area (Å²) >= 11 is 7.04. The molecular formula is C9H9ClN2O3S. The van der Waals surface area contributed by atoms with E-state index < -0.39 is 18.1 Å². The lowest BCUT2D eigenvalue weighted by Crippen LogP contribution is -2.26. The van der Waals surface area contributed by atoms with Crippen LogP contribution in [0.1, 0.15) is 18.0 Å². The molecule has 2 heterocycles. The first-order chi connectivity index (χ1) is 7.72. The van der Waals surface area contributed by atoms with Crippen molar-refractivity contribution in [1.82, 2.24) is 4.98 Å². The predicted octanol–water partition coefficient (Wildman–Crippen LogP) is 1.83. The highest BCUT2D eigenvalue weighted by Crippen LogP contribution is 2.32. The molecule has 7 heteroatoms. The number of halogens is 1. The third-order valence-electron chi connectivity index (χ3n) is 1.98. The van der Waals surface area contributed by atoms with Gasteiger partial charge < -0.3 is 9.47 Å². The molecule has 0 aliphatic carbocycles. The first-order valence-electron chi connectivity index (χ1n) is 4.67. The van der Waals surface area contributed by atoms with Gasteiger partial charge in [-0.05, 0) is 6.92 Å². The van der Waals surface area contributed by atoms with Crippen LogP contribution < -0.4 is 0 Å². The van der Waals surface area contributed by atoms with E-state index in [0.29, 0.717) is 16.0 Å². The quantitative estimate of drug-likeness (QED) is 0.778. The normalized spacial score (nSPS) is 23.1. The fraction of sp³-hybridized carbons (Fsp3) is 0.444. The molecule has 0 amide bonds. The fourth-order valence-electron chi connectivity index (χ4n) is 1.32. The van der Waals surface area contributed by atoms with Crippen LogP contribution in [0.5, 0.6) is 0 Å². The van der Waals surface area contributed by atoms with E-state index in [9.17, 15) is 4.79 Å². The molecule has 1 aliphatic heterocycles. The molecule has 5 nitrogen and oxygen atoms in total. The van der Waals surface area contributed by atoms with Gasteiger partial charge in [-0.15, -0.1) is 11.3 Å². The van der Waals surface area contributed by atoms with Gasteiger partial charge in [0.2, 0.25) is 0 Å². The molecule has 0 N–H and O–H groups in total. The van der Waals surface area contributed by atoms with Gasteiger partial charge in [-0.1, -0.05) is 11.6 Å². The summed E-state index contributed by atoms with van der Waals surface area (Å²) in [4.78, 5) is 19.6.